The molecular weight excluding hydrogens is 721 g/mol. The molecule has 0 amide bonds. The highest BCUT2D eigenvalue weighted by Crippen LogP contribution is 2.18. The average Bonchev–Trinajstić information content (AvgIpc) is 3.22. The molecule has 6 nitrogen and oxygen atoms in total. The highest BCUT2D eigenvalue weighted by atomic mass is 16.6. The van der Waals surface area contributed by atoms with E-state index in [9.17, 15) is 14.4 Å². The van der Waals surface area contributed by atoms with Crippen LogP contribution in [-0.4, -0.2) is 37.2 Å². The van der Waals surface area contributed by atoms with E-state index in [0.717, 1.165) is 69.6 Å². The summed E-state index contributed by atoms with van der Waals surface area (Å²) in [5.41, 5.74) is 0. The minimum absolute atomic E-state index is 0.0640. The summed E-state index contributed by atoms with van der Waals surface area (Å²) in [6.45, 7) is 11.4. The van der Waals surface area contributed by atoms with Gasteiger partial charge in [-0.25, -0.2) is 0 Å². The quantitative estimate of drug-likeness (QED) is 0.0346. The van der Waals surface area contributed by atoms with Crippen LogP contribution in [0.5, 0.6) is 0 Å². The summed E-state index contributed by atoms with van der Waals surface area (Å²) < 4.78 is 16.8. The maximum atomic E-state index is 12.8. The lowest BCUT2D eigenvalue weighted by Gasteiger charge is -2.18. The molecular formula is C52H100O6. The third-order valence-electron chi connectivity index (χ3n) is 12.4. The number of rotatable bonds is 46. The van der Waals surface area contributed by atoms with Gasteiger partial charge in [-0.05, 0) is 31.1 Å². The van der Waals surface area contributed by atoms with Crippen LogP contribution in [0.4, 0.5) is 0 Å². The minimum atomic E-state index is -0.762. The van der Waals surface area contributed by atoms with Crippen molar-refractivity contribution in [2.75, 3.05) is 13.2 Å². The predicted molar refractivity (Wildman–Crippen MR) is 247 cm³/mol. The van der Waals surface area contributed by atoms with Crippen molar-refractivity contribution in [3.05, 3.63) is 0 Å². The number of carbonyl (C=O) groups excluding carboxylic acids is 3. The van der Waals surface area contributed by atoms with E-state index in [2.05, 4.69) is 34.6 Å². The van der Waals surface area contributed by atoms with Crippen molar-refractivity contribution in [2.24, 2.45) is 11.8 Å². The monoisotopic (exact) mass is 821 g/mol. The van der Waals surface area contributed by atoms with E-state index in [1.54, 1.807) is 0 Å². The number of hydrogen-bond acceptors (Lipinski definition) is 6. The number of ether oxygens (including phenoxy) is 3. The summed E-state index contributed by atoms with van der Waals surface area (Å²) in [6, 6.07) is 0. The highest BCUT2D eigenvalue weighted by Gasteiger charge is 2.19. The van der Waals surface area contributed by atoms with Crippen LogP contribution in [0.3, 0.4) is 0 Å². The maximum Gasteiger partial charge on any atom is 0.306 e. The molecule has 2 unspecified atom stereocenters. The molecule has 0 rings (SSSR count). The van der Waals surface area contributed by atoms with E-state index in [0.29, 0.717) is 19.3 Å². The van der Waals surface area contributed by atoms with Crippen LogP contribution in [0, 0.1) is 11.8 Å². The second kappa shape index (κ2) is 44.9. The zero-order valence-electron chi connectivity index (χ0n) is 39.7. The third kappa shape index (κ3) is 42.5. The van der Waals surface area contributed by atoms with Crippen molar-refractivity contribution in [3.8, 4) is 0 Å². The fourth-order valence-corrected chi connectivity index (χ4v) is 7.75. The molecule has 0 saturated carbocycles. The smallest absolute Gasteiger partial charge is 0.306 e. The molecule has 0 saturated heterocycles. The van der Waals surface area contributed by atoms with Crippen LogP contribution in [0.25, 0.3) is 0 Å². The Hall–Kier alpha value is -1.59. The van der Waals surface area contributed by atoms with Crippen LogP contribution in [-0.2, 0) is 28.6 Å². The van der Waals surface area contributed by atoms with Crippen molar-refractivity contribution in [1.29, 1.82) is 0 Å². The molecule has 0 fully saturated rings. The molecule has 0 aromatic heterocycles. The van der Waals surface area contributed by atoms with Crippen LogP contribution in [0.2, 0.25) is 0 Å². The Kier molecular flexibility index (Phi) is 43.7. The Morgan fingerprint density at radius 3 is 0.897 bits per heavy atom. The second-order valence-corrected chi connectivity index (χ2v) is 18.3. The first-order chi connectivity index (χ1) is 28.3. The van der Waals surface area contributed by atoms with E-state index < -0.39 is 6.10 Å². The van der Waals surface area contributed by atoms with Gasteiger partial charge in [0.25, 0.3) is 0 Å². The summed E-state index contributed by atoms with van der Waals surface area (Å²) in [6.07, 6.45) is 45.0. The molecule has 344 valence electrons. The first-order valence-electron chi connectivity index (χ1n) is 25.8. The number of carbonyl (C=O) groups is 3. The van der Waals surface area contributed by atoms with Gasteiger partial charge in [0, 0.05) is 19.3 Å². The highest BCUT2D eigenvalue weighted by molar-refractivity contribution is 5.71. The largest absolute Gasteiger partial charge is 0.462 e. The Morgan fingerprint density at radius 1 is 0.345 bits per heavy atom. The van der Waals surface area contributed by atoms with Crippen LogP contribution in [0.15, 0.2) is 0 Å². The van der Waals surface area contributed by atoms with Crippen molar-refractivity contribution >= 4 is 17.9 Å². The van der Waals surface area contributed by atoms with Crippen molar-refractivity contribution in [2.45, 2.75) is 291 Å². The van der Waals surface area contributed by atoms with Gasteiger partial charge in [0.05, 0.1) is 0 Å². The van der Waals surface area contributed by atoms with E-state index >= 15 is 0 Å². The van der Waals surface area contributed by atoms with Crippen molar-refractivity contribution in [3.63, 3.8) is 0 Å². The molecule has 0 bridgehead atoms. The standard InChI is InChI=1S/C52H100O6/c1-6-9-10-11-12-13-14-15-16-17-21-27-32-37-42-50(53)56-45-49(46-57-51(54)43-38-33-28-24-23-26-31-36-41-48(5)8-3)58-52(55)44-39-34-29-22-19-18-20-25-30-35-40-47(4)7-2/h47-49H,6-46H2,1-5H3/t47?,48?,49-/m0/s1. The summed E-state index contributed by atoms with van der Waals surface area (Å²) in [5, 5.41) is 0. The zero-order valence-corrected chi connectivity index (χ0v) is 39.7. The molecule has 0 aliphatic rings. The molecule has 0 aromatic rings. The van der Waals surface area contributed by atoms with Crippen LogP contribution < -0.4 is 0 Å². The van der Waals surface area contributed by atoms with Gasteiger partial charge in [-0.2, -0.15) is 0 Å². The molecule has 58 heavy (non-hydrogen) atoms. The van der Waals surface area contributed by atoms with Crippen LogP contribution in [0.1, 0.15) is 285 Å². The molecule has 0 aromatic carbocycles. The van der Waals surface area contributed by atoms with Gasteiger partial charge in [0.2, 0.25) is 0 Å². The molecule has 0 radical (unpaired) electrons. The van der Waals surface area contributed by atoms with Gasteiger partial charge in [0.15, 0.2) is 6.10 Å². The van der Waals surface area contributed by atoms with Gasteiger partial charge in [-0.15, -0.1) is 0 Å². The molecule has 0 spiro atoms. The van der Waals surface area contributed by atoms with E-state index in [4.69, 9.17) is 14.2 Å². The Morgan fingerprint density at radius 2 is 0.603 bits per heavy atom. The molecule has 3 atom stereocenters. The minimum Gasteiger partial charge on any atom is -0.462 e. The topological polar surface area (TPSA) is 78.9 Å². The Balaban J connectivity index is 4.34. The first-order valence-corrected chi connectivity index (χ1v) is 25.8. The lowest BCUT2D eigenvalue weighted by Crippen LogP contribution is -2.30. The van der Waals surface area contributed by atoms with Gasteiger partial charge >= 0.3 is 17.9 Å². The number of unbranched alkanes of at least 4 members (excludes halogenated alkanes) is 29. The Labute approximate surface area is 361 Å². The summed E-state index contributed by atoms with van der Waals surface area (Å²) >= 11 is 0. The van der Waals surface area contributed by atoms with Crippen molar-refractivity contribution < 1.29 is 28.6 Å². The first kappa shape index (κ1) is 56.4. The van der Waals surface area contributed by atoms with Crippen LogP contribution >= 0.6 is 0 Å². The predicted octanol–water partition coefficient (Wildman–Crippen LogP) is 16.5. The normalized spacial score (nSPS) is 13.0. The number of esters is 3. The van der Waals surface area contributed by atoms with E-state index in [-0.39, 0.29) is 31.1 Å². The van der Waals surface area contributed by atoms with Gasteiger partial charge in [-0.1, -0.05) is 247 Å². The van der Waals surface area contributed by atoms with Crippen molar-refractivity contribution in [1.82, 2.24) is 0 Å². The summed E-state index contributed by atoms with van der Waals surface area (Å²) in [4.78, 5) is 37.9. The molecule has 0 aliphatic heterocycles. The zero-order chi connectivity index (χ0) is 42.6. The molecule has 0 heterocycles. The van der Waals surface area contributed by atoms with E-state index in [1.165, 1.54) is 173 Å². The lowest BCUT2D eigenvalue weighted by atomic mass is 9.99. The molecule has 6 heteroatoms. The molecule has 0 N–H and O–H groups in total. The molecule has 0 aliphatic carbocycles. The average molecular weight is 821 g/mol. The SMILES string of the molecule is CCCCCCCCCCCCCCCCC(=O)OC[C@@H](COC(=O)CCCCCCCCCCC(C)CC)OC(=O)CCCCCCCCCCCCC(C)CC. The second-order valence-electron chi connectivity index (χ2n) is 18.3. The maximum absolute atomic E-state index is 12.8. The van der Waals surface area contributed by atoms with Gasteiger partial charge in [0.1, 0.15) is 13.2 Å². The van der Waals surface area contributed by atoms with Gasteiger partial charge < -0.3 is 14.2 Å². The lowest BCUT2D eigenvalue weighted by molar-refractivity contribution is -0.167. The summed E-state index contributed by atoms with van der Waals surface area (Å²) in [5.74, 6) is 0.865. The number of hydrogen-bond donors (Lipinski definition) is 0. The fraction of sp³-hybridized carbons (Fsp3) is 0.942. The summed E-state index contributed by atoms with van der Waals surface area (Å²) in [7, 11) is 0. The third-order valence-corrected chi connectivity index (χ3v) is 12.4. The fourth-order valence-electron chi connectivity index (χ4n) is 7.75. The van der Waals surface area contributed by atoms with Gasteiger partial charge in [-0.3, -0.25) is 14.4 Å². The van der Waals surface area contributed by atoms with E-state index in [1.807, 2.05) is 0 Å². The Bertz CT molecular complexity index is 889.